The van der Waals surface area contributed by atoms with Crippen molar-refractivity contribution in [3.8, 4) is 0 Å². The lowest BCUT2D eigenvalue weighted by Gasteiger charge is -2.35. The molecule has 0 aromatic heterocycles. The van der Waals surface area contributed by atoms with Gasteiger partial charge in [-0.25, -0.2) is 4.79 Å². The van der Waals surface area contributed by atoms with Gasteiger partial charge < -0.3 is 9.47 Å². The number of nitrogens with zero attached hydrogens (tertiary/aromatic N) is 1. The van der Waals surface area contributed by atoms with Crippen LogP contribution in [0.2, 0.25) is 0 Å². The number of ether oxygens (including phenoxy) is 2. The van der Waals surface area contributed by atoms with E-state index < -0.39 is 6.04 Å². The quantitative estimate of drug-likeness (QED) is 0.661. The van der Waals surface area contributed by atoms with Crippen LogP contribution in [0.1, 0.15) is 38.3 Å². The van der Waals surface area contributed by atoms with E-state index in [9.17, 15) is 14.4 Å². The van der Waals surface area contributed by atoms with Crippen molar-refractivity contribution >= 4 is 28.8 Å². The summed E-state index contributed by atoms with van der Waals surface area (Å²) < 4.78 is 10.1. The van der Waals surface area contributed by atoms with Crippen LogP contribution in [0.25, 0.3) is 0 Å². The fourth-order valence-electron chi connectivity index (χ4n) is 3.14. The zero-order valence-corrected chi connectivity index (χ0v) is 16.7. The van der Waals surface area contributed by atoms with Crippen LogP contribution < -0.4 is 0 Å². The van der Waals surface area contributed by atoms with E-state index in [1.165, 1.54) is 14.0 Å². The zero-order chi connectivity index (χ0) is 19.8. The van der Waals surface area contributed by atoms with E-state index in [1.807, 2.05) is 35.2 Å². The van der Waals surface area contributed by atoms with Crippen molar-refractivity contribution in [3.05, 3.63) is 46.4 Å². The Morgan fingerprint density at radius 2 is 1.93 bits per heavy atom. The van der Waals surface area contributed by atoms with Crippen molar-refractivity contribution in [2.24, 2.45) is 0 Å². The smallest absolute Gasteiger partial charge is 0.327 e. The van der Waals surface area contributed by atoms with Gasteiger partial charge in [0.25, 0.3) is 0 Å². The highest BCUT2D eigenvalue weighted by Crippen LogP contribution is 2.34. The number of hydrogen-bond donors (Lipinski definition) is 0. The maximum absolute atomic E-state index is 12.5. The molecule has 1 aliphatic heterocycles. The van der Waals surface area contributed by atoms with Crippen LogP contribution in [0.3, 0.4) is 0 Å². The number of thioether (sulfide) groups is 1. The molecule has 0 fully saturated rings. The lowest BCUT2D eigenvalue weighted by molar-refractivity contribution is -0.147. The average molecular weight is 391 g/mol. The lowest BCUT2D eigenvalue weighted by atomic mass is 10.00. The minimum Gasteiger partial charge on any atom is -0.468 e. The van der Waals surface area contributed by atoms with Crippen LogP contribution in [0.5, 0.6) is 0 Å². The number of methoxy groups -OCH3 is 1. The zero-order valence-electron chi connectivity index (χ0n) is 15.9. The van der Waals surface area contributed by atoms with Gasteiger partial charge in [-0.1, -0.05) is 42.1 Å². The van der Waals surface area contributed by atoms with Gasteiger partial charge in [0.05, 0.1) is 20.1 Å². The summed E-state index contributed by atoms with van der Waals surface area (Å²) in [6.07, 6.45) is 0.710. The van der Waals surface area contributed by atoms with Crippen molar-refractivity contribution < 1.29 is 23.9 Å². The number of hydrogen-bond acceptors (Lipinski definition) is 7. The SMILES string of the molecule is CCOC(=O)CC1=C(SC(C)=O)CCN([C@H](C(=O)OC)c2ccccc2)C1. The molecule has 0 spiro atoms. The molecule has 1 aromatic rings. The molecular weight excluding hydrogens is 366 g/mol. The van der Waals surface area contributed by atoms with Crippen LogP contribution in [0.15, 0.2) is 40.8 Å². The topological polar surface area (TPSA) is 72.9 Å². The molecule has 1 atom stereocenters. The molecule has 27 heavy (non-hydrogen) atoms. The maximum Gasteiger partial charge on any atom is 0.327 e. The first kappa shape index (κ1) is 21.2. The number of esters is 2. The molecule has 6 nitrogen and oxygen atoms in total. The van der Waals surface area contributed by atoms with E-state index in [0.717, 1.165) is 27.8 Å². The molecule has 0 saturated heterocycles. The Morgan fingerprint density at radius 3 is 2.52 bits per heavy atom. The Kier molecular flexibility index (Phi) is 8.06. The first-order valence-corrected chi connectivity index (χ1v) is 9.69. The molecule has 146 valence electrons. The van der Waals surface area contributed by atoms with Crippen molar-refractivity contribution in [3.63, 3.8) is 0 Å². The third-order valence-corrected chi connectivity index (χ3v) is 5.28. The lowest BCUT2D eigenvalue weighted by Crippen LogP contribution is -2.39. The van der Waals surface area contributed by atoms with Gasteiger partial charge in [-0.3, -0.25) is 14.5 Å². The van der Waals surface area contributed by atoms with Crippen LogP contribution in [0, 0.1) is 0 Å². The number of carbonyl (C=O) groups excluding carboxylic acids is 3. The minimum absolute atomic E-state index is 0.0209. The van der Waals surface area contributed by atoms with Crippen LogP contribution in [0.4, 0.5) is 0 Å². The van der Waals surface area contributed by atoms with Crippen molar-refractivity contribution in [1.82, 2.24) is 4.90 Å². The summed E-state index contributed by atoms with van der Waals surface area (Å²) in [7, 11) is 1.37. The molecule has 0 radical (unpaired) electrons. The van der Waals surface area contributed by atoms with Gasteiger partial charge in [-0.15, -0.1) is 0 Å². The Labute approximate surface area is 163 Å². The fraction of sp³-hybridized carbons (Fsp3) is 0.450. The van der Waals surface area contributed by atoms with Gasteiger partial charge in [-0.2, -0.15) is 0 Å². The summed E-state index contributed by atoms with van der Waals surface area (Å²) >= 11 is 1.16. The molecule has 0 amide bonds. The predicted molar refractivity (Wildman–Crippen MR) is 104 cm³/mol. The maximum atomic E-state index is 12.5. The summed E-state index contributed by atoms with van der Waals surface area (Å²) in [5.41, 5.74) is 1.66. The third-order valence-electron chi connectivity index (χ3n) is 4.25. The monoisotopic (exact) mass is 391 g/mol. The summed E-state index contributed by atoms with van der Waals surface area (Å²) in [4.78, 5) is 39.0. The van der Waals surface area contributed by atoms with Gasteiger partial charge in [-0.05, 0) is 29.4 Å². The van der Waals surface area contributed by atoms with Crippen LogP contribution in [-0.2, 0) is 23.9 Å². The molecule has 0 N–H and O–H groups in total. The number of carbonyl (C=O) groups is 3. The van der Waals surface area contributed by atoms with Gasteiger partial charge in [0.2, 0.25) is 0 Å². The van der Waals surface area contributed by atoms with Crippen LogP contribution >= 0.6 is 11.8 Å². The number of benzene rings is 1. The Hall–Kier alpha value is -2.12. The minimum atomic E-state index is -0.558. The average Bonchev–Trinajstić information content (AvgIpc) is 2.64. The normalized spacial score (nSPS) is 16.0. The third kappa shape index (κ3) is 5.94. The predicted octanol–water partition coefficient (Wildman–Crippen LogP) is 3.09. The Morgan fingerprint density at radius 1 is 1.22 bits per heavy atom. The Bertz CT molecular complexity index is 716. The molecular formula is C20H25NO5S. The first-order valence-electron chi connectivity index (χ1n) is 8.88. The highest BCUT2D eigenvalue weighted by atomic mass is 32.2. The van der Waals surface area contributed by atoms with E-state index in [0.29, 0.717) is 26.1 Å². The van der Waals surface area contributed by atoms with Gasteiger partial charge in [0.15, 0.2) is 5.12 Å². The van der Waals surface area contributed by atoms with E-state index in [2.05, 4.69) is 0 Å². The summed E-state index contributed by atoms with van der Waals surface area (Å²) in [5.74, 6) is -0.676. The first-order chi connectivity index (χ1) is 13.0. The van der Waals surface area contributed by atoms with E-state index >= 15 is 0 Å². The van der Waals surface area contributed by atoms with Crippen LogP contribution in [-0.4, -0.2) is 48.8 Å². The molecule has 0 aliphatic carbocycles. The van der Waals surface area contributed by atoms with Gasteiger partial charge in [0, 0.05) is 20.0 Å². The highest BCUT2D eigenvalue weighted by molar-refractivity contribution is 8.16. The summed E-state index contributed by atoms with van der Waals surface area (Å²) in [6.45, 7) is 4.57. The molecule has 1 aliphatic rings. The van der Waals surface area contributed by atoms with E-state index in [-0.39, 0.29) is 23.5 Å². The molecule has 0 saturated carbocycles. The summed E-state index contributed by atoms with van der Waals surface area (Å²) in [6, 6.07) is 8.86. The van der Waals surface area contributed by atoms with Crippen molar-refractivity contribution in [2.75, 3.05) is 26.8 Å². The second-order valence-corrected chi connectivity index (χ2v) is 7.43. The molecule has 1 heterocycles. The molecule has 0 unspecified atom stereocenters. The van der Waals surface area contributed by atoms with E-state index in [4.69, 9.17) is 9.47 Å². The number of rotatable bonds is 7. The fourth-order valence-corrected chi connectivity index (χ4v) is 3.96. The van der Waals surface area contributed by atoms with E-state index in [1.54, 1.807) is 6.92 Å². The second kappa shape index (κ2) is 10.3. The Balaban J connectivity index is 2.30. The summed E-state index contributed by atoms with van der Waals surface area (Å²) in [5, 5.41) is -0.0209. The standard InChI is InChI=1S/C20H25NO5S/c1-4-26-18(23)12-16-13-21(11-10-17(16)27-14(2)22)19(20(24)25-3)15-8-6-5-7-9-15/h5-9,19H,4,10-13H2,1-3H3/t19-/m0/s1. The van der Waals surface area contributed by atoms with Gasteiger partial charge in [0.1, 0.15) is 6.04 Å². The molecule has 2 rings (SSSR count). The molecule has 0 bridgehead atoms. The second-order valence-electron chi connectivity index (χ2n) is 6.16. The van der Waals surface area contributed by atoms with Crippen molar-refractivity contribution in [1.29, 1.82) is 0 Å². The largest absolute Gasteiger partial charge is 0.468 e. The molecule has 7 heteroatoms. The van der Waals surface area contributed by atoms with Crippen molar-refractivity contribution in [2.45, 2.75) is 32.7 Å². The highest BCUT2D eigenvalue weighted by Gasteiger charge is 2.33. The van der Waals surface area contributed by atoms with Gasteiger partial charge >= 0.3 is 11.9 Å². The molecule has 1 aromatic carbocycles.